The van der Waals surface area contributed by atoms with E-state index in [1.165, 1.54) is 0 Å². The zero-order chi connectivity index (χ0) is 9.42. The molecule has 0 amide bonds. The Morgan fingerprint density at radius 1 is 1.54 bits per heavy atom. The monoisotopic (exact) mass is 285 g/mol. The Morgan fingerprint density at radius 3 is 3.00 bits per heavy atom. The number of hydrogen-bond donors (Lipinski definition) is 0. The van der Waals surface area contributed by atoms with Crippen LogP contribution in [0.4, 0.5) is 0 Å². The third-order valence-electron chi connectivity index (χ3n) is 1.97. The van der Waals surface area contributed by atoms with Gasteiger partial charge in [0.1, 0.15) is 3.70 Å². The molecule has 3 nitrogen and oxygen atoms in total. The minimum Gasteiger partial charge on any atom is -0.265 e. The molecule has 0 radical (unpaired) electrons. The van der Waals surface area contributed by atoms with Crippen LogP contribution < -0.4 is 0 Å². The van der Waals surface area contributed by atoms with Gasteiger partial charge in [-0.05, 0) is 22.6 Å². The van der Waals surface area contributed by atoms with Crippen molar-refractivity contribution in [3.8, 4) is 0 Å². The van der Waals surface area contributed by atoms with Crippen LogP contribution in [0.25, 0.3) is 17.0 Å². The second-order valence-corrected chi connectivity index (χ2v) is 3.76. The largest absolute Gasteiger partial charge is 0.265 e. The van der Waals surface area contributed by atoms with Gasteiger partial charge in [-0.15, -0.1) is 0 Å². The van der Waals surface area contributed by atoms with Crippen molar-refractivity contribution in [3.05, 3.63) is 28.2 Å². The Morgan fingerprint density at radius 2 is 2.31 bits per heavy atom. The van der Waals surface area contributed by atoms with Crippen molar-refractivity contribution >= 4 is 39.6 Å². The van der Waals surface area contributed by atoms with E-state index < -0.39 is 0 Å². The summed E-state index contributed by atoms with van der Waals surface area (Å²) in [6, 6.07) is 0. The first-order valence-electron chi connectivity index (χ1n) is 3.82. The van der Waals surface area contributed by atoms with E-state index >= 15 is 0 Å². The van der Waals surface area contributed by atoms with Crippen molar-refractivity contribution in [2.24, 2.45) is 7.05 Å². The molecule has 66 valence electrons. The van der Waals surface area contributed by atoms with Crippen LogP contribution in [0.15, 0.2) is 19.0 Å². The first kappa shape index (κ1) is 8.68. The average molecular weight is 285 g/mol. The van der Waals surface area contributed by atoms with Gasteiger partial charge in [-0.1, -0.05) is 12.7 Å². The minimum absolute atomic E-state index is 0.993. The molecule has 0 saturated heterocycles. The molecule has 0 saturated carbocycles. The van der Waals surface area contributed by atoms with Gasteiger partial charge < -0.3 is 0 Å². The molecule has 0 aliphatic carbocycles. The van der Waals surface area contributed by atoms with Crippen molar-refractivity contribution < 1.29 is 0 Å². The minimum atomic E-state index is 0.993. The average Bonchev–Trinajstić information content (AvgIpc) is 2.43. The van der Waals surface area contributed by atoms with Crippen molar-refractivity contribution in [1.29, 1.82) is 0 Å². The lowest BCUT2D eigenvalue weighted by Crippen LogP contribution is -1.89. The van der Waals surface area contributed by atoms with Crippen LogP contribution in [0, 0.1) is 3.70 Å². The van der Waals surface area contributed by atoms with E-state index in [0.717, 1.165) is 20.2 Å². The Labute approximate surface area is 89.6 Å². The number of aromatic nitrogens is 3. The van der Waals surface area contributed by atoms with E-state index in [0.29, 0.717) is 0 Å². The predicted molar refractivity (Wildman–Crippen MR) is 61.3 cm³/mol. The van der Waals surface area contributed by atoms with E-state index in [4.69, 9.17) is 0 Å². The van der Waals surface area contributed by atoms with Crippen LogP contribution in [0.2, 0.25) is 0 Å². The van der Waals surface area contributed by atoms with E-state index in [9.17, 15) is 0 Å². The number of pyridine rings is 1. The number of nitrogens with zero attached hydrogens (tertiary/aromatic N) is 3. The summed E-state index contributed by atoms with van der Waals surface area (Å²) in [4.78, 5) is 4.12. The van der Waals surface area contributed by atoms with E-state index in [2.05, 4.69) is 39.3 Å². The first-order valence-corrected chi connectivity index (χ1v) is 4.90. The molecule has 0 aliphatic heterocycles. The Bertz CT molecular complexity index is 473. The summed E-state index contributed by atoms with van der Waals surface area (Å²) in [6.45, 7) is 3.75. The van der Waals surface area contributed by atoms with Crippen LogP contribution in [0.5, 0.6) is 0 Å². The summed E-state index contributed by atoms with van der Waals surface area (Å²) in [7, 11) is 1.92. The van der Waals surface area contributed by atoms with Crippen LogP contribution in [-0.2, 0) is 7.05 Å². The standard InChI is InChI=1S/C9H8IN3/c1-3-6-4-11-5-7-8(6)9(10)12-13(7)2/h3-5H,1H2,2H3. The highest BCUT2D eigenvalue weighted by Gasteiger charge is 2.08. The maximum absolute atomic E-state index is 4.31. The lowest BCUT2D eigenvalue weighted by molar-refractivity contribution is 0.786. The zero-order valence-corrected chi connectivity index (χ0v) is 9.32. The number of halogens is 1. The van der Waals surface area contributed by atoms with E-state index in [1.807, 2.05) is 17.9 Å². The Hall–Kier alpha value is -0.910. The van der Waals surface area contributed by atoms with Gasteiger partial charge in [-0.3, -0.25) is 9.67 Å². The van der Waals surface area contributed by atoms with Gasteiger partial charge >= 0.3 is 0 Å². The fraction of sp³-hybridized carbons (Fsp3) is 0.111. The highest BCUT2D eigenvalue weighted by Crippen LogP contribution is 2.22. The number of fused-ring (bicyclic) bond motifs is 1. The molecule has 0 unspecified atom stereocenters. The molecule has 0 aliphatic rings. The summed E-state index contributed by atoms with van der Waals surface area (Å²) in [6.07, 6.45) is 5.43. The van der Waals surface area contributed by atoms with Crippen LogP contribution in [0.3, 0.4) is 0 Å². The molecule has 0 spiro atoms. The Balaban J connectivity index is 2.96. The fourth-order valence-electron chi connectivity index (χ4n) is 1.33. The summed E-state index contributed by atoms with van der Waals surface area (Å²) < 4.78 is 2.82. The molecule has 4 heteroatoms. The van der Waals surface area contributed by atoms with Crippen LogP contribution in [-0.4, -0.2) is 14.8 Å². The zero-order valence-electron chi connectivity index (χ0n) is 7.16. The van der Waals surface area contributed by atoms with E-state index in [1.54, 1.807) is 12.3 Å². The van der Waals surface area contributed by atoms with Crippen molar-refractivity contribution in [3.63, 3.8) is 0 Å². The lowest BCUT2D eigenvalue weighted by atomic mass is 10.2. The third-order valence-corrected chi connectivity index (χ3v) is 2.72. The predicted octanol–water partition coefficient (Wildman–Crippen LogP) is 2.22. The Kier molecular flexibility index (Phi) is 2.07. The smallest absolute Gasteiger partial charge is 0.131 e. The van der Waals surface area contributed by atoms with Gasteiger partial charge in [0.15, 0.2) is 0 Å². The molecule has 2 aromatic rings. The first-order chi connectivity index (χ1) is 6.24. The summed E-state index contributed by atoms with van der Waals surface area (Å²) in [5, 5.41) is 5.45. The van der Waals surface area contributed by atoms with Gasteiger partial charge in [0.05, 0.1) is 11.7 Å². The molecule has 2 heterocycles. The maximum Gasteiger partial charge on any atom is 0.131 e. The second-order valence-electron chi connectivity index (χ2n) is 2.74. The number of hydrogen-bond acceptors (Lipinski definition) is 2. The summed E-state index contributed by atoms with van der Waals surface area (Å²) in [5.41, 5.74) is 2.08. The van der Waals surface area contributed by atoms with Gasteiger partial charge in [-0.25, -0.2) is 0 Å². The molecule has 0 bridgehead atoms. The van der Waals surface area contributed by atoms with Crippen LogP contribution >= 0.6 is 22.6 Å². The van der Waals surface area contributed by atoms with Gasteiger partial charge in [-0.2, -0.15) is 5.10 Å². The van der Waals surface area contributed by atoms with E-state index in [-0.39, 0.29) is 0 Å². The highest BCUT2D eigenvalue weighted by atomic mass is 127. The second kappa shape index (κ2) is 3.10. The molecule has 13 heavy (non-hydrogen) atoms. The molecule has 0 aromatic carbocycles. The van der Waals surface area contributed by atoms with Crippen molar-refractivity contribution in [2.75, 3.05) is 0 Å². The number of aryl methyl sites for hydroxylation is 1. The van der Waals surface area contributed by atoms with Gasteiger partial charge in [0, 0.05) is 24.2 Å². The van der Waals surface area contributed by atoms with Gasteiger partial charge in [0.25, 0.3) is 0 Å². The molecule has 0 fully saturated rings. The quantitative estimate of drug-likeness (QED) is 0.752. The topological polar surface area (TPSA) is 30.7 Å². The summed E-state index contributed by atoms with van der Waals surface area (Å²) in [5.74, 6) is 0. The third kappa shape index (κ3) is 1.25. The molecule has 2 aromatic heterocycles. The van der Waals surface area contributed by atoms with Crippen molar-refractivity contribution in [1.82, 2.24) is 14.8 Å². The van der Waals surface area contributed by atoms with Crippen molar-refractivity contribution in [2.45, 2.75) is 0 Å². The molecule has 0 N–H and O–H groups in total. The molecule has 2 rings (SSSR count). The van der Waals surface area contributed by atoms with Crippen LogP contribution in [0.1, 0.15) is 5.56 Å². The lowest BCUT2D eigenvalue weighted by Gasteiger charge is -1.95. The normalized spacial score (nSPS) is 10.6. The molecular weight excluding hydrogens is 277 g/mol. The maximum atomic E-state index is 4.31. The van der Waals surface area contributed by atoms with Gasteiger partial charge in [0.2, 0.25) is 0 Å². The number of rotatable bonds is 1. The SMILES string of the molecule is C=Cc1cncc2c1c(I)nn2C. The molecule has 0 atom stereocenters. The fourth-order valence-corrected chi connectivity index (χ4v) is 2.24. The highest BCUT2D eigenvalue weighted by molar-refractivity contribution is 14.1. The summed E-state index contributed by atoms with van der Waals surface area (Å²) >= 11 is 2.22. The molecular formula is C9H8IN3.